The average Bonchev–Trinajstić information content (AvgIpc) is 3.37. The molecule has 34 heavy (non-hydrogen) atoms. The van der Waals surface area contributed by atoms with Crippen LogP contribution in [0.1, 0.15) is 5.56 Å². The highest BCUT2D eigenvalue weighted by Gasteiger charge is 2.33. The normalized spacial score (nSPS) is 12.4. The van der Waals surface area contributed by atoms with Crippen LogP contribution in [0.15, 0.2) is 96.0 Å². The SMILES string of the molecule is CB1c2cccc(O)c2-c2nc3c(N=CN(c4ccccc4)c4ccccc4C)cccc3n21. The van der Waals surface area contributed by atoms with Crippen LogP contribution in [0.25, 0.3) is 22.4 Å². The summed E-state index contributed by atoms with van der Waals surface area (Å²) in [6.45, 7) is 4.33. The maximum Gasteiger partial charge on any atom is 0.293 e. The number of phenolic OH excluding ortho intramolecular Hbond substituents is 1. The number of phenols is 1. The number of nitrogens with zero attached hydrogens (tertiary/aromatic N) is 4. The summed E-state index contributed by atoms with van der Waals surface area (Å²) in [4.78, 5) is 12.0. The van der Waals surface area contributed by atoms with Crippen molar-refractivity contribution in [2.75, 3.05) is 4.90 Å². The van der Waals surface area contributed by atoms with Crippen molar-refractivity contribution < 1.29 is 5.11 Å². The van der Waals surface area contributed by atoms with E-state index in [1.807, 2.05) is 54.9 Å². The molecule has 0 amide bonds. The summed E-state index contributed by atoms with van der Waals surface area (Å²) < 4.78 is 2.19. The van der Waals surface area contributed by atoms with Gasteiger partial charge in [0, 0.05) is 11.4 Å². The molecule has 1 aromatic heterocycles. The fraction of sp³-hybridized carbons (Fsp3) is 0.0714. The van der Waals surface area contributed by atoms with Crippen LogP contribution < -0.4 is 10.4 Å². The van der Waals surface area contributed by atoms with E-state index < -0.39 is 0 Å². The molecule has 0 saturated heterocycles. The van der Waals surface area contributed by atoms with Crippen molar-refractivity contribution in [1.82, 2.24) is 9.46 Å². The molecule has 0 radical (unpaired) electrons. The van der Waals surface area contributed by atoms with Crippen LogP contribution in [-0.2, 0) is 0 Å². The Kier molecular flexibility index (Phi) is 4.73. The highest BCUT2D eigenvalue weighted by molar-refractivity contribution is 6.75. The van der Waals surface area contributed by atoms with E-state index in [0.29, 0.717) is 0 Å². The molecule has 164 valence electrons. The average molecular weight is 442 g/mol. The molecule has 5 aromatic rings. The molecule has 2 heterocycles. The number of hydrogen-bond acceptors (Lipinski definition) is 3. The van der Waals surface area contributed by atoms with Gasteiger partial charge in [0.15, 0.2) is 0 Å². The Balaban J connectivity index is 1.48. The van der Waals surface area contributed by atoms with E-state index in [0.717, 1.165) is 50.5 Å². The van der Waals surface area contributed by atoms with E-state index in [2.05, 4.69) is 59.5 Å². The molecule has 0 bridgehead atoms. The highest BCUT2D eigenvalue weighted by Crippen LogP contribution is 2.38. The van der Waals surface area contributed by atoms with E-state index in [4.69, 9.17) is 9.98 Å². The van der Waals surface area contributed by atoms with Crippen LogP contribution in [0, 0.1) is 6.92 Å². The van der Waals surface area contributed by atoms with Crippen LogP contribution in [0.3, 0.4) is 0 Å². The Labute approximate surface area is 198 Å². The molecule has 0 aliphatic carbocycles. The number of aromatic hydroxyl groups is 1. The molecular weight excluding hydrogens is 419 g/mol. The minimum absolute atomic E-state index is 0.0918. The smallest absolute Gasteiger partial charge is 0.293 e. The zero-order valence-electron chi connectivity index (χ0n) is 19.1. The molecule has 5 nitrogen and oxygen atoms in total. The lowest BCUT2D eigenvalue weighted by Crippen LogP contribution is -2.29. The second kappa shape index (κ2) is 7.92. The van der Waals surface area contributed by atoms with Crippen LogP contribution in [-0.4, -0.2) is 27.8 Å². The van der Waals surface area contributed by atoms with Gasteiger partial charge in [-0.05, 0) is 54.3 Å². The monoisotopic (exact) mass is 442 g/mol. The maximum absolute atomic E-state index is 10.6. The van der Waals surface area contributed by atoms with Crippen molar-refractivity contribution in [3.8, 4) is 17.1 Å². The molecule has 0 spiro atoms. The number of aryl methyl sites for hydroxylation is 1. The fourth-order valence-corrected chi connectivity index (χ4v) is 4.87. The molecule has 1 aliphatic rings. The van der Waals surface area contributed by atoms with Crippen molar-refractivity contribution in [2.45, 2.75) is 13.7 Å². The second-order valence-corrected chi connectivity index (χ2v) is 8.60. The molecule has 0 atom stereocenters. The lowest BCUT2D eigenvalue weighted by atomic mass is 9.59. The lowest BCUT2D eigenvalue weighted by Gasteiger charge is -2.21. The van der Waals surface area contributed by atoms with Crippen molar-refractivity contribution in [2.24, 2.45) is 4.99 Å². The zero-order chi connectivity index (χ0) is 23.2. The molecule has 0 saturated carbocycles. The Morgan fingerprint density at radius 1 is 0.912 bits per heavy atom. The standard InChI is InChI=1S/C28H23BN4O/c1-19-10-6-7-15-23(19)32(20-11-4-3-5-12-20)18-30-22-14-9-16-24-27(22)31-28-26-21(29(2)33(24)28)13-8-17-25(26)34/h3-18,34H,1-2H3. The van der Waals surface area contributed by atoms with Gasteiger partial charge >= 0.3 is 0 Å². The number of rotatable bonds is 4. The number of aliphatic imine (C=N–C) groups is 1. The lowest BCUT2D eigenvalue weighted by molar-refractivity contribution is 0.477. The van der Waals surface area contributed by atoms with Gasteiger partial charge in [-0.15, -0.1) is 0 Å². The van der Waals surface area contributed by atoms with Gasteiger partial charge in [-0.1, -0.05) is 61.4 Å². The largest absolute Gasteiger partial charge is 0.507 e. The molecule has 0 fully saturated rings. The third kappa shape index (κ3) is 3.10. The first kappa shape index (κ1) is 20.3. The Morgan fingerprint density at radius 2 is 1.68 bits per heavy atom. The zero-order valence-corrected chi connectivity index (χ0v) is 19.1. The Morgan fingerprint density at radius 3 is 2.50 bits per heavy atom. The van der Waals surface area contributed by atoms with Crippen LogP contribution in [0.5, 0.6) is 5.75 Å². The Bertz CT molecular complexity index is 1560. The summed E-state index contributed by atoms with van der Waals surface area (Å²) in [5.74, 6) is 1.05. The molecule has 1 aliphatic heterocycles. The van der Waals surface area contributed by atoms with Gasteiger partial charge in [-0.3, -0.25) is 0 Å². The van der Waals surface area contributed by atoms with Gasteiger partial charge in [0.1, 0.15) is 23.4 Å². The minimum Gasteiger partial charge on any atom is -0.507 e. The number of aromatic nitrogens is 2. The minimum atomic E-state index is 0.0918. The quantitative estimate of drug-likeness (QED) is 0.214. The first-order valence-electron chi connectivity index (χ1n) is 11.4. The number of anilines is 2. The third-order valence-corrected chi connectivity index (χ3v) is 6.56. The van der Waals surface area contributed by atoms with Gasteiger partial charge in [0.25, 0.3) is 6.85 Å². The fourth-order valence-electron chi connectivity index (χ4n) is 4.87. The molecule has 0 unspecified atom stereocenters. The van der Waals surface area contributed by atoms with Gasteiger partial charge in [0.05, 0.1) is 16.8 Å². The van der Waals surface area contributed by atoms with Crippen molar-refractivity contribution >= 4 is 46.7 Å². The maximum atomic E-state index is 10.6. The molecule has 6 rings (SSSR count). The van der Waals surface area contributed by atoms with Crippen molar-refractivity contribution in [3.63, 3.8) is 0 Å². The van der Waals surface area contributed by atoms with E-state index in [-0.39, 0.29) is 12.6 Å². The highest BCUT2D eigenvalue weighted by atomic mass is 16.3. The third-order valence-electron chi connectivity index (χ3n) is 6.56. The molecule has 1 N–H and O–H groups in total. The van der Waals surface area contributed by atoms with Crippen molar-refractivity contribution in [3.05, 3.63) is 96.6 Å². The summed E-state index contributed by atoms with van der Waals surface area (Å²) in [7, 11) is 0. The topological polar surface area (TPSA) is 53.7 Å². The first-order valence-corrected chi connectivity index (χ1v) is 11.4. The van der Waals surface area contributed by atoms with Crippen LogP contribution >= 0.6 is 0 Å². The van der Waals surface area contributed by atoms with Gasteiger partial charge < -0.3 is 14.5 Å². The number of hydrogen-bond donors (Lipinski definition) is 1. The number of benzene rings is 4. The summed E-state index contributed by atoms with van der Waals surface area (Å²) >= 11 is 0. The molecular formula is C28H23BN4O. The van der Waals surface area contributed by atoms with E-state index in [9.17, 15) is 5.11 Å². The predicted octanol–water partition coefficient (Wildman–Crippen LogP) is 5.91. The summed E-state index contributed by atoms with van der Waals surface area (Å²) in [5, 5.41) is 10.6. The van der Waals surface area contributed by atoms with Gasteiger partial charge in [-0.25, -0.2) is 9.98 Å². The summed E-state index contributed by atoms with van der Waals surface area (Å²) in [6, 6.07) is 30.2. The number of para-hydroxylation sites is 3. The molecule has 6 heteroatoms. The number of fused-ring (bicyclic) bond motifs is 5. The van der Waals surface area contributed by atoms with Crippen LogP contribution in [0.2, 0.25) is 6.82 Å². The first-order chi connectivity index (χ1) is 16.6. The summed E-state index contributed by atoms with van der Waals surface area (Å²) in [6.07, 6.45) is 1.87. The van der Waals surface area contributed by atoms with Crippen LogP contribution in [0.4, 0.5) is 17.1 Å². The van der Waals surface area contributed by atoms with Crippen molar-refractivity contribution in [1.29, 1.82) is 0 Å². The second-order valence-electron chi connectivity index (χ2n) is 8.60. The van der Waals surface area contributed by atoms with E-state index in [1.165, 1.54) is 0 Å². The summed E-state index contributed by atoms with van der Waals surface area (Å²) in [5.41, 5.74) is 7.80. The predicted molar refractivity (Wildman–Crippen MR) is 141 cm³/mol. The van der Waals surface area contributed by atoms with Gasteiger partial charge in [0.2, 0.25) is 0 Å². The molecule has 4 aromatic carbocycles. The number of imidazole rings is 1. The van der Waals surface area contributed by atoms with E-state index in [1.54, 1.807) is 6.07 Å². The van der Waals surface area contributed by atoms with Gasteiger partial charge in [-0.2, -0.15) is 0 Å². The Hall–Kier alpha value is -4.32. The van der Waals surface area contributed by atoms with E-state index >= 15 is 0 Å².